The van der Waals surface area contributed by atoms with Crippen LogP contribution in [-0.4, -0.2) is 15.9 Å². The minimum atomic E-state index is -0.368. The number of nitriles is 1. The maximum absolute atomic E-state index is 12.5. The molecule has 122 valence electrons. The Kier molecular flexibility index (Phi) is 4.87. The number of benzene rings is 1. The SMILES string of the molecule is Cc1ccc(-c2cncc(C(=O)Nc3ncc(Br)cc3C#N)c2)cc1. The van der Waals surface area contributed by atoms with E-state index in [2.05, 4.69) is 31.2 Å². The van der Waals surface area contributed by atoms with Gasteiger partial charge in [-0.05, 0) is 40.5 Å². The molecule has 3 aromatic rings. The quantitative estimate of drug-likeness (QED) is 0.718. The van der Waals surface area contributed by atoms with Crippen molar-refractivity contribution in [1.29, 1.82) is 5.26 Å². The Morgan fingerprint density at radius 3 is 2.60 bits per heavy atom. The molecule has 0 aliphatic rings. The summed E-state index contributed by atoms with van der Waals surface area (Å²) in [5.74, 6) is -0.149. The maximum Gasteiger partial charge on any atom is 0.258 e. The van der Waals surface area contributed by atoms with Crippen molar-refractivity contribution in [2.45, 2.75) is 6.92 Å². The molecule has 0 radical (unpaired) electrons. The van der Waals surface area contributed by atoms with Gasteiger partial charge in [0.1, 0.15) is 6.07 Å². The molecule has 6 heteroatoms. The molecule has 0 atom stereocenters. The Morgan fingerprint density at radius 1 is 1.12 bits per heavy atom. The number of anilines is 1. The summed E-state index contributed by atoms with van der Waals surface area (Å²) in [4.78, 5) is 20.7. The third kappa shape index (κ3) is 3.90. The van der Waals surface area contributed by atoms with Gasteiger partial charge in [0.25, 0.3) is 5.91 Å². The molecule has 25 heavy (non-hydrogen) atoms. The number of hydrogen-bond donors (Lipinski definition) is 1. The number of nitrogens with one attached hydrogen (secondary N) is 1. The molecule has 0 aliphatic carbocycles. The lowest BCUT2D eigenvalue weighted by atomic mass is 10.0. The minimum absolute atomic E-state index is 0.219. The van der Waals surface area contributed by atoms with E-state index in [1.165, 1.54) is 12.4 Å². The molecular formula is C19H13BrN4O. The number of nitrogens with zero attached hydrogens (tertiary/aromatic N) is 3. The van der Waals surface area contributed by atoms with Crippen molar-refractivity contribution in [2.24, 2.45) is 0 Å². The number of pyridine rings is 2. The molecule has 0 fully saturated rings. The Hall–Kier alpha value is -3.04. The van der Waals surface area contributed by atoms with Crippen LogP contribution in [0.15, 0.2) is 59.5 Å². The van der Waals surface area contributed by atoms with Crippen LogP contribution >= 0.6 is 15.9 Å². The standard InChI is InChI=1S/C19H13BrN4O/c1-12-2-4-13(5-3-12)15-6-16(10-22-9-15)19(25)24-18-14(8-21)7-17(20)11-23-18/h2-7,9-11H,1H3,(H,23,24,25). The van der Waals surface area contributed by atoms with Crippen LogP contribution in [0.2, 0.25) is 0 Å². The van der Waals surface area contributed by atoms with Crippen LogP contribution in [0.3, 0.4) is 0 Å². The molecule has 0 unspecified atom stereocenters. The summed E-state index contributed by atoms with van der Waals surface area (Å²) in [6, 6.07) is 13.4. The summed E-state index contributed by atoms with van der Waals surface area (Å²) in [5, 5.41) is 11.8. The van der Waals surface area contributed by atoms with Crippen LogP contribution in [0.25, 0.3) is 11.1 Å². The van der Waals surface area contributed by atoms with Crippen LogP contribution in [0.4, 0.5) is 5.82 Å². The Labute approximate surface area is 153 Å². The smallest absolute Gasteiger partial charge is 0.258 e. The first-order chi connectivity index (χ1) is 12.1. The number of carbonyl (C=O) groups excluding carboxylic acids is 1. The highest BCUT2D eigenvalue weighted by atomic mass is 79.9. The number of aryl methyl sites for hydroxylation is 1. The first-order valence-corrected chi connectivity index (χ1v) is 8.25. The maximum atomic E-state index is 12.5. The molecule has 2 aromatic heterocycles. The van der Waals surface area contributed by atoms with E-state index in [4.69, 9.17) is 5.26 Å². The predicted octanol–water partition coefficient (Wildman–Crippen LogP) is 4.34. The third-order valence-electron chi connectivity index (χ3n) is 3.59. The van der Waals surface area contributed by atoms with Gasteiger partial charge in [-0.25, -0.2) is 4.98 Å². The summed E-state index contributed by atoms with van der Waals surface area (Å²) in [6.45, 7) is 2.02. The molecule has 1 aromatic carbocycles. The van der Waals surface area contributed by atoms with Crippen molar-refractivity contribution in [2.75, 3.05) is 5.32 Å². The summed E-state index contributed by atoms with van der Waals surface area (Å²) < 4.78 is 0.671. The van der Waals surface area contributed by atoms with Gasteiger partial charge in [-0.15, -0.1) is 0 Å². The molecule has 3 rings (SSSR count). The van der Waals surface area contributed by atoms with Crippen LogP contribution in [0, 0.1) is 18.3 Å². The summed E-state index contributed by atoms with van der Waals surface area (Å²) in [7, 11) is 0. The molecule has 1 amide bonds. The van der Waals surface area contributed by atoms with E-state index < -0.39 is 0 Å². The van der Waals surface area contributed by atoms with Crippen molar-refractivity contribution in [1.82, 2.24) is 9.97 Å². The number of amides is 1. The third-order valence-corrected chi connectivity index (χ3v) is 4.03. The molecule has 0 bridgehead atoms. The van der Waals surface area contributed by atoms with E-state index in [1.807, 2.05) is 37.3 Å². The number of carbonyl (C=O) groups is 1. The van der Waals surface area contributed by atoms with E-state index >= 15 is 0 Å². The summed E-state index contributed by atoms with van der Waals surface area (Å²) >= 11 is 3.25. The van der Waals surface area contributed by atoms with E-state index in [1.54, 1.807) is 18.3 Å². The van der Waals surface area contributed by atoms with Gasteiger partial charge in [-0.3, -0.25) is 9.78 Å². The van der Waals surface area contributed by atoms with E-state index in [-0.39, 0.29) is 17.3 Å². The van der Waals surface area contributed by atoms with Crippen LogP contribution in [-0.2, 0) is 0 Å². The monoisotopic (exact) mass is 392 g/mol. The summed E-state index contributed by atoms with van der Waals surface area (Å²) in [5.41, 5.74) is 3.66. The van der Waals surface area contributed by atoms with Gasteiger partial charge in [0.05, 0.1) is 11.1 Å². The highest BCUT2D eigenvalue weighted by molar-refractivity contribution is 9.10. The van der Waals surface area contributed by atoms with E-state index in [9.17, 15) is 4.79 Å². The number of rotatable bonds is 3. The topological polar surface area (TPSA) is 78.7 Å². The van der Waals surface area contributed by atoms with Crippen molar-refractivity contribution in [3.8, 4) is 17.2 Å². The highest BCUT2D eigenvalue weighted by Crippen LogP contribution is 2.21. The van der Waals surface area contributed by atoms with Gasteiger partial charge in [0.15, 0.2) is 5.82 Å². The summed E-state index contributed by atoms with van der Waals surface area (Å²) in [6.07, 6.45) is 4.72. The number of halogens is 1. The molecule has 0 spiro atoms. The second-order valence-corrected chi connectivity index (χ2v) is 6.36. The average molecular weight is 393 g/mol. The molecule has 0 saturated carbocycles. The zero-order chi connectivity index (χ0) is 17.8. The second kappa shape index (κ2) is 7.24. The first-order valence-electron chi connectivity index (χ1n) is 7.46. The minimum Gasteiger partial charge on any atom is -0.305 e. The Bertz CT molecular complexity index is 977. The van der Waals surface area contributed by atoms with Gasteiger partial charge in [-0.1, -0.05) is 29.8 Å². The molecule has 2 heterocycles. The van der Waals surface area contributed by atoms with Gasteiger partial charge >= 0.3 is 0 Å². The molecule has 0 aliphatic heterocycles. The lowest BCUT2D eigenvalue weighted by molar-refractivity contribution is 0.102. The second-order valence-electron chi connectivity index (χ2n) is 5.44. The number of hydrogen-bond acceptors (Lipinski definition) is 4. The van der Waals surface area contributed by atoms with Crippen molar-refractivity contribution in [3.05, 3.63) is 76.2 Å². The molecular weight excluding hydrogens is 380 g/mol. The molecule has 1 N–H and O–H groups in total. The fourth-order valence-corrected chi connectivity index (χ4v) is 2.60. The van der Waals surface area contributed by atoms with Gasteiger partial charge in [-0.2, -0.15) is 5.26 Å². The van der Waals surface area contributed by atoms with Crippen molar-refractivity contribution < 1.29 is 4.79 Å². The Balaban J connectivity index is 1.87. The van der Waals surface area contributed by atoms with Crippen LogP contribution < -0.4 is 5.32 Å². The van der Waals surface area contributed by atoms with Gasteiger partial charge < -0.3 is 5.32 Å². The number of aromatic nitrogens is 2. The van der Waals surface area contributed by atoms with Gasteiger partial charge in [0.2, 0.25) is 0 Å². The predicted molar refractivity (Wildman–Crippen MR) is 99.0 cm³/mol. The Morgan fingerprint density at radius 2 is 1.88 bits per heavy atom. The highest BCUT2D eigenvalue weighted by Gasteiger charge is 2.12. The van der Waals surface area contributed by atoms with E-state index in [0.717, 1.165) is 16.7 Å². The lowest BCUT2D eigenvalue weighted by Crippen LogP contribution is -2.14. The van der Waals surface area contributed by atoms with Crippen molar-refractivity contribution >= 4 is 27.7 Å². The zero-order valence-corrected chi connectivity index (χ0v) is 14.9. The fraction of sp³-hybridized carbons (Fsp3) is 0.0526. The first kappa shape index (κ1) is 16.8. The van der Waals surface area contributed by atoms with Gasteiger partial charge in [0, 0.05) is 28.6 Å². The zero-order valence-electron chi connectivity index (χ0n) is 13.3. The lowest BCUT2D eigenvalue weighted by Gasteiger charge is -2.08. The normalized spacial score (nSPS) is 10.1. The van der Waals surface area contributed by atoms with Crippen LogP contribution in [0.5, 0.6) is 0 Å². The molecule has 0 saturated heterocycles. The fourth-order valence-electron chi connectivity index (χ4n) is 2.27. The largest absolute Gasteiger partial charge is 0.305 e. The molecule has 5 nitrogen and oxygen atoms in total. The van der Waals surface area contributed by atoms with Crippen LogP contribution in [0.1, 0.15) is 21.5 Å². The average Bonchev–Trinajstić information content (AvgIpc) is 2.63. The van der Waals surface area contributed by atoms with Crippen molar-refractivity contribution in [3.63, 3.8) is 0 Å². The van der Waals surface area contributed by atoms with E-state index in [0.29, 0.717) is 10.0 Å².